The smallest absolute Gasteiger partial charge is 0.337 e. The molecule has 0 spiro atoms. The average Bonchev–Trinajstić information content (AvgIpc) is 2.55. The first kappa shape index (κ1) is 16.5. The minimum Gasteiger partial charge on any atom is -0.465 e. The highest BCUT2D eigenvalue weighted by atomic mass is 16.5. The van der Waals surface area contributed by atoms with Crippen LogP contribution in [0.1, 0.15) is 67.3 Å². The molecule has 0 saturated heterocycles. The molecule has 1 aliphatic carbocycles. The maximum atomic E-state index is 12.1. The van der Waals surface area contributed by atoms with Crippen molar-refractivity contribution in [2.75, 3.05) is 7.11 Å². The van der Waals surface area contributed by atoms with E-state index in [1.165, 1.54) is 26.4 Å². The number of amides is 1. The van der Waals surface area contributed by atoms with Gasteiger partial charge in [0, 0.05) is 12.5 Å². The quantitative estimate of drug-likeness (QED) is 0.848. The van der Waals surface area contributed by atoms with Gasteiger partial charge in [-0.1, -0.05) is 38.3 Å². The molecule has 0 radical (unpaired) electrons. The Balaban J connectivity index is 1.86. The molecule has 4 nitrogen and oxygen atoms in total. The second-order valence-electron chi connectivity index (χ2n) is 6.12. The summed E-state index contributed by atoms with van der Waals surface area (Å²) < 4.78 is 4.68. The Labute approximate surface area is 132 Å². The SMILES string of the molecule is COC(=O)c1ccc(C(C)CC(=O)NC2CCCCC2)cc1. The number of hydrogen-bond donors (Lipinski definition) is 1. The van der Waals surface area contributed by atoms with Crippen LogP contribution in [-0.4, -0.2) is 25.0 Å². The number of nitrogens with one attached hydrogen (secondary N) is 1. The van der Waals surface area contributed by atoms with Crippen molar-refractivity contribution < 1.29 is 14.3 Å². The van der Waals surface area contributed by atoms with E-state index in [0.29, 0.717) is 18.0 Å². The van der Waals surface area contributed by atoms with Crippen LogP contribution in [-0.2, 0) is 9.53 Å². The molecule has 0 heterocycles. The standard InChI is InChI=1S/C18H25NO3/c1-13(12-17(20)19-16-6-4-3-5-7-16)14-8-10-15(11-9-14)18(21)22-2/h8-11,13,16H,3-7,12H2,1-2H3,(H,19,20). The van der Waals surface area contributed by atoms with E-state index in [1.807, 2.05) is 19.1 Å². The summed E-state index contributed by atoms with van der Waals surface area (Å²) in [4.78, 5) is 23.5. The Bertz CT molecular complexity index is 504. The van der Waals surface area contributed by atoms with Gasteiger partial charge in [-0.15, -0.1) is 0 Å². The topological polar surface area (TPSA) is 55.4 Å². The second kappa shape index (κ2) is 7.97. The normalized spacial score (nSPS) is 16.8. The van der Waals surface area contributed by atoms with Crippen LogP contribution in [0, 0.1) is 0 Å². The summed E-state index contributed by atoms with van der Waals surface area (Å²) in [5, 5.41) is 3.15. The molecule has 1 amide bonds. The molecule has 1 atom stereocenters. The van der Waals surface area contributed by atoms with Crippen molar-refractivity contribution in [3.8, 4) is 0 Å². The van der Waals surface area contributed by atoms with Crippen molar-refractivity contribution in [2.24, 2.45) is 0 Å². The van der Waals surface area contributed by atoms with Crippen LogP contribution in [0.4, 0.5) is 0 Å². The van der Waals surface area contributed by atoms with E-state index < -0.39 is 0 Å². The lowest BCUT2D eigenvalue weighted by Gasteiger charge is -2.23. The molecule has 1 N–H and O–H groups in total. The molecule has 1 unspecified atom stereocenters. The fraction of sp³-hybridized carbons (Fsp3) is 0.556. The van der Waals surface area contributed by atoms with Crippen LogP contribution in [0.2, 0.25) is 0 Å². The summed E-state index contributed by atoms with van der Waals surface area (Å²) in [5.74, 6) is -0.0824. The van der Waals surface area contributed by atoms with Crippen LogP contribution in [0.25, 0.3) is 0 Å². The molecule has 2 rings (SSSR count). The lowest BCUT2D eigenvalue weighted by Crippen LogP contribution is -2.36. The van der Waals surface area contributed by atoms with Crippen molar-refractivity contribution in [3.05, 3.63) is 35.4 Å². The van der Waals surface area contributed by atoms with E-state index in [-0.39, 0.29) is 17.8 Å². The van der Waals surface area contributed by atoms with Gasteiger partial charge >= 0.3 is 5.97 Å². The number of carbonyl (C=O) groups excluding carboxylic acids is 2. The van der Waals surface area contributed by atoms with Gasteiger partial charge in [0.05, 0.1) is 12.7 Å². The summed E-state index contributed by atoms with van der Waals surface area (Å²) >= 11 is 0. The maximum absolute atomic E-state index is 12.1. The maximum Gasteiger partial charge on any atom is 0.337 e. The van der Waals surface area contributed by atoms with E-state index in [9.17, 15) is 9.59 Å². The first-order valence-electron chi connectivity index (χ1n) is 8.07. The van der Waals surface area contributed by atoms with E-state index in [4.69, 9.17) is 0 Å². The van der Waals surface area contributed by atoms with Crippen molar-refractivity contribution in [2.45, 2.75) is 57.4 Å². The third kappa shape index (κ3) is 4.58. The monoisotopic (exact) mass is 303 g/mol. The van der Waals surface area contributed by atoms with Gasteiger partial charge in [0.2, 0.25) is 5.91 Å². The molecule has 4 heteroatoms. The van der Waals surface area contributed by atoms with E-state index in [1.54, 1.807) is 12.1 Å². The first-order chi connectivity index (χ1) is 10.6. The minimum absolute atomic E-state index is 0.122. The Morgan fingerprint density at radius 2 is 1.82 bits per heavy atom. The highest BCUT2D eigenvalue weighted by Crippen LogP contribution is 2.21. The van der Waals surface area contributed by atoms with Gasteiger partial charge in [-0.05, 0) is 36.5 Å². The van der Waals surface area contributed by atoms with Crippen molar-refractivity contribution in [1.29, 1.82) is 0 Å². The van der Waals surface area contributed by atoms with Crippen molar-refractivity contribution in [1.82, 2.24) is 5.32 Å². The fourth-order valence-corrected chi connectivity index (χ4v) is 3.00. The van der Waals surface area contributed by atoms with Crippen molar-refractivity contribution >= 4 is 11.9 Å². The van der Waals surface area contributed by atoms with E-state index in [0.717, 1.165) is 18.4 Å². The Morgan fingerprint density at radius 3 is 2.41 bits per heavy atom. The number of hydrogen-bond acceptors (Lipinski definition) is 3. The summed E-state index contributed by atoms with van der Waals surface area (Å²) in [6.07, 6.45) is 6.41. The predicted octanol–water partition coefficient (Wildman–Crippen LogP) is 3.42. The van der Waals surface area contributed by atoms with Gasteiger partial charge in [0.1, 0.15) is 0 Å². The van der Waals surface area contributed by atoms with Crippen LogP contribution >= 0.6 is 0 Å². The zero-order chi connectivity index (χ0) is 15.9. The van der Waals surface area contributed by atoms with Crippen molar-refractivity contribution in [3.63, 3.8) is 0 Å². The Kier molecular flexibility index (Phi) is 5.99. The van der Waals surface area contributed by atoms with Gasteiger partial charge in [0.25, 0.3) is 0 Å². The highest BCUT2D eigenvalue weighted by Gasteiger charge is 2.18. The summed E-state index contributed by atoms with van der Waals surface area (Å²) in [5.41, 5.74) is 1.59. The van der Waals surface area contributed by atoms with Gasteiger partial charge in [-0.2, -0.15) is 0 Å². The lowest BCUT2D eigenvalue weighted by atomic mass is 9.94. The Hall–Kier alpha value is -1.84. The zero-order valence-electron chi connectivity index (χ0n) is 13.4. The van der Waals surface area contributed by atoms with E-state index >= 15 is 0 Å². The molecule has 1 aliphatic rings. The number of benzene rings is 1. The van der Waals surface area contributed by atoms with Gasteiger partial charge < -0.3 is 10.1 Å². The molecule has 0 aromatic heterocycles. The molecule has 22 heavy (non-hydrogen) atoms. The van der Waals surface area contributed by atoms with Gasteiger partial charge in [0.15, 0.2) is 0 Å². The van der Waals surface area contributed by atoms with Crippen LogP contribution < -0.4 is 5.32 Å². The predicted molar refractivity (Wildman–Crippen MR) is 85.8 cm³/mol. The molecular formula is C18H25NO3. The molecule has 1 aromatic rings. The molecule has 0 aliphatic heterocycles. The highest BCUT2D eigenvalue weighted by molar-refractivity contribution is 5.89. The zero-order valence-corrected chi connectivity index (χ0v) is 13.4. The van der Waals surface area contributed by atoms with Gasteiger partial charge in [-0.25, -0.2) is 4.79 Å². The number of methoxy groups -OCH3 is 1. The molecule has 0 bridgehead atoms. The van der Waals surface area contributed by atoms with Crippen LogP contribution in [0.15, 0.2) is 24.3 Å². The lowest BCUT2D eigenvalue weighted by molar-refractivity contribution is -0.122. The number of esters is 1. The second-order valence-corrected chi connectivity index (χ2v) is 6.12. The number of ether oxygens (including phenoxy) is 1. The third-order valence-corrected chi connectivity index (χ3v) is 4.36. The molecule has 1 fully saturated rings. The fourth-order valence-electron chi connectivity index (χ4n) is 3.00. The largest absolute Gasteiger partial charge is 0.465 e. The van der Waals surface area contributed by atoms with Gasteiger partial charge in [-0.3, -0.25) is 4.79 Å². The summed E-state index contributed by atoms with van der Waals surface area (Å²) in [6, 6.07) is 7.64. The van der Waals surface area contributed by atoms with Crippen LogP contribution in [0.5, 0.6) is 0 Å². The third-order valence-electron chi connectivity index (χ3n) is 4.36. The minimum atomic E-state index is -0.339. The van der Waals surface area contributed by atoms with Crippen LogP contribution in [0.3, 0.4) is 0 Å². The molecular weight excluding hydrogens is 278 g/mol. The number of rotatable bonds is 5. The summed E-state index contributed by atoms with van der Waals surface area (Å²) in [6.45, 7) is 2.04. The molecule has 1 saturated carbocycles. The molecule has 120 valence electrons. The van der Waals surface area contributed by atoms with E-state index in [2.05, 4.69) is 10.1 Å². The Morgan fingerprint density at radius 1 is 1.18 bits per heavy atom. The molecule has 1 aromatic carbocycles. The summed E-state index contributed by atoms with van der Waals surface area (Å²) in [7, 11) is 1.37. The number of carbonyl (C=O) groups is 2. The first-order valence-corrected chi connectivity index (χ1v) is 8.07. The average molecular weight is 303 g/mol.